The number of aromatic amines is 1. The number of aromatic nitrogens is 1. The maximum Gasteiger partial charge on any atom is 0.335 e. The number of carbonyl (C=O) groups excluding carboxylic acids is 1. The van der Waals surface area contributed by atoms with Crippen molar-refractivity contribution >= 4 is 22.8 Å². The van der Waals surface area contributed by atoms with Crippen LogP contribution in [0.5, 0.6) is 0 Å². The van der Waals surface area contributed by atoms with Crippen LogP contribution in [0.25, 0.3) is 10.9 Å². The topological polar surface area (TPSA) is 76.6 Å². The quantitative estimate of drug-likeness (QED) is 0.601. The largest absolute Gasteiger partial charge is 0.478 e. The van der Waals surface area contributed by atoms with E-state index in [2.05, 4.69) is 9.88 Å². The number of nitrogens with zero attached hydrogens (tertiary/aromatic N) is 2. The van der Waals surface area contributed by atoms with Crippen LogP contribution in [-0.2, 0) is 6.54 Å². The lowest BCUT2D eigenvalue weighted by Crippen LogP contribution is -2.42. The molecule has 1 aliphatic heterocycles. The number of H-pyrrole nitrogens is 1. The molecule has 1 aromatic heterocycles. The highest BCUT2D eigenvalue weighted by atomic mass is 16.4. The molecule has 6 nitrogen and oxygen atoms in total. The van der Waals surface area contributed by atoms with E-state index in [4.69, 9.17) is 5.11 Å². The van der Waals surface area contributed by atoms with Gasteiger partial charge in [-0.1, -0.05) is 30.3 Å². The monoisotopic (exact) mass is 419 g/mol. The molecule has 0 bridgehead atoms. The number of nitrogens with one attached hydrogen (secondary N) is 1. The van der Waals surface area contributed by atoms with Gasteiger partial charge in [0.15, 0.2) is 0 Å². The zero-order valence-corrected chi connectivity index (χ0v) is 17.9. The predicted octanol–water partition coefficient (Wildman–Crippen LogP) is 4.24. The van der Waals surface area contributed by atoms with Crippen molar-refractivity contribution in [2.75, 3.05) is 26.2 Å². The highest BCUT2D eigenvalue weighted by Gasteiger charge is 2.25. The molecule has 1 unspecified atom stereocenters. The number of fused-ring (bicyclic) bond motifs is 1. The Bertz CT molecular complexity index is 1020. The van der Waals surface area contributed by atoms with E-state index in [9.17, 15) is 9.59 Å². The van der Waals surface area contributed by atoms with E-state index in [0.29, 0.717) is 23.7 Å². The van der Waals surface area contributed by atoms with Crippen LogP contribution in [0.2, 0.25) is 0 Å². The Kier molecular flexibility index (Phi) is 6.37. The summed E-state index contributed by atoms with van der Waals surface area (Å²) in [6.45, 7) is 6.24. The lowest BCUT2D eigenvalue weighted by atomic mass is 9.96. The number of hydrogen-bond donors (Lipinski definition) is 2. The van der Waals surface area contributed by atoms with E-state index in [1.165, 1.54) is 0 Å². The number of rotatable bonds is 7. The SMILES string of the molecule is CCN(CC1CCCN(Cc2ccc(C(=O)O)cc2)C1)C(=O)c1cc2ccccc2[nH]1. The third kappa shape index (κ3) is 4.97. The zero-order valence-electron chi connectivity index (χ0n) is 17.9. The highest BCUT2D eigenvalue weighted by Crippen LogP contribution is 2.22. The maximum absolute atomic E-state index is 13.1. The van der Waals surface area contributed by atoms with Crippen molar-refractivity contribution < 1.29 is 14.7 Å². The number of likely N-dealkylation sites (tertiary alicyclic amines) is 1. The van der Waals surface area contributed by atoms with Gasteiger partial charge in [0.05, 0.1) is 5.56 Å². The number of para-hydroxylation sites is 1. The van der Waals surface area contributed by atoms with E-state index >= 15 is 0 Å². The van der Waals surface area contributed by atoms with Crippen LogP contribution >= 0.6 is 0 Å². The Labute approximate surface area is 182 Å². The molecule has 0 aliphatic carbocycles. The first-order valence-electron chi connectivity index (χ1n) is 10.9. The molecule has 1 aliphatic rings. The molecular formula is C25H29N3O3. The summed E-state index contributed by atoms with van der Waals surface area (Å²) in [5.74, 6) is -0.413. The van der Waals surface area contributed by atoms with Crippen molar-refractivity contribution in [3.8, 4) is 0 Å². The van der Waals surface area contributed by atoms with Gasteiger partial charge in [-0.25, -0.2) is 4.79 Å². The summed E-state index contributed by atoms with van der Waals surface area (Å²) < 4.78 is 0. The van der Waals surface area contributed by atoms with Gasteiger partial charge in [0.1, 0.15) is 5.69 Å². The van der Waals surface area contributed by atoms with Gasteiger partial charge in [0, 0.05) is 37.1 Å². The van der Waals surface area contributed by atoms with Crippen molar-refractivity contribution in [3.05, 3.63) is 71.4 Å². The van der Waals surface area contributed by atoms with Crippen LogP contribution < -0.4 is 0 Å². The fourth-order valence-corrected chi connectivity index (χ4v) is 4.48. The van der Waals surface area contributed by atoms with Crippen molar-refractivity contribution in [2.45, 2.75) is 26.3 Å². The molecule has 31 heavy (non-hydrogen) atoms. The Morgan fingerprint density at radius 3 is 2.65 bits per heavy atom. The smallest absolute Gasteiger partial charge is 0.335 e. The first-order valence-corrected chi connectivity index (χ1v) is 10.9. The number of amides is 1. The van der Waals surface area contributed by atoms with Crippen molar-refractivity contribution in [1.29, 1.82) is 0 Å². The minimum atomic E-state index is -0.899. The summed E-state index contributed by atoms with van der Waals surface area (Å²) in [7, 11) is 0. The second kappa shape index (κ2) is 9.35. The fourth-order valence-electron chi connectivity index (χ4n) is 4.48. The van der Waals surface area contributed by atoms with Gasteiger partial charge in [0.2, 0.25) is 0 Å². The van der Waals surface area contributed by atoms with E-state index in [1.807, 2.05) is 54.3 Å². The van der Waals surface area contributed by atoms with Crippen molar-refractivity contribution in [3.63, 3.8) is 0 Å². The van der Waals surface area contributed by atoms with Crippen LogP contribution in [-0.4, -0.2) is 57.9 Å². The maximum atomic E-state index is 13.1. The van der Waals surface area contributed by atoms with E-state index in [1.54, 1.807) is 12.1 Å². The van der Waals surface area contributed by atoms with Gasteiger partial charge >= 0.3 is 5.97 Å². The molecule has 4 rings (SSSR count). The normalized spacial score (nSPS) is 17.0. The van der Waals surface area contributed by atoms with Crippen LogP contribution in [0.3, 0.4) is 0 Å². The van der Waals surface area contributed by atoms with Gasteiger partial charge in [-0.2, -0.15) is 0 Å². The molecule has 1 fully saturated rings. The molecule has 0 spiro atoms. The number of benzene rings is 2. The Hall–Kier alpha value is -3.12. The molecular weight excluding hydrogens is 390 g/mol. The average Bonchev–Trinajstić information content (AvgIpc) is 3.22. The zero-order chi connectivity index (χ0) is 21.8. The summed E-state index contributed by atoms with van der Waals surface area (Å²) in [6, 6.07) is 17.0. The first kappa shape index (κ1) is 21.1. The van der Waals surface area contributed by atoms with Crippen LogP contribution in [0.4, 0.5) is 0 Å². The molecule has 0 saturated carbocycles. The van der Waals surface area contributed by atoms with Crippen LogP contribution in [0.1, 0.15) is 46.2 Å². The van der Waals surface area contributed by atoms with Gasteiger partial charge in [0.25, 0.3) is 5.91 Å². The number of piperidine rings is 1. The number of carboxylic acids is 1. The molecule has 3 aromatic rings. The van der Waals surface area contributed by atoms with E-state index < -0.39 is 5.97 Å². The number of carbonyl (C=O) groups is 2. The Morgan fingerprint density at radius 2 is 1.94 bits per heavy atom. The van der Waals surface area contributed by atoms with Gasteiger partial charge in [-0.05, 0) is 62.1 Å². The molecule has 1 amide bonds. The average molecular weight is 420 g/mol. The minimum Gasteiger partial charge on any atom is -0.478 e. The summed E-state index contributed by atoms with van der Waals surface area (Å²) >= 11 is 0. The number of hydrogen-bond acceptors (Lipinski definition) is 3. The molecule has 1 saturated heterocycles. The lowest BCUT2D eigenvalue weighted by molar-refractivity contribution is 0.0676. The van der Waals surface area contributed by atoms with Crippen LogP contribution in [0, 0.1) is 5.92 Å². The molecule has 2 heterocycles. The predicted molar refractivity (Wildman–Crippen MR) is 121 cm³/mol. The summed E-state index contributed by atoms with van der Waals surface area (Å²) in [4.78, 5) is 31.8. The molecule has 0 radical (unpaired) electrons. The molecule has 162 valence electrons. The Morgan fingerprint density at radius 1 is 1.16 bits per heavy atom. The highest BCUT2D eigenvalue weighted by molar-refractivity contribution is 5.98. The minimum absolute atomic E-state index is 0.0556. The van der Waals surface area contributed by atoms with Crippen molar-refractivity contribution in [2.24, 2.45) is 5.92 Å². The third-order valence-electron chi connectivity index (χ3n) is 6.12. The standard InChI is InChI=1S/C25H29N3O3/c1-2-28(24(29)23-14-21-7-3-4-8-22(21)26-23)17-19-6-5-13-27(16-19)15-18-9-11-20(12-10-18)25(30)31/h3-4,7-12,14,19,26H,2,5-6,13,15-17H2,1H3,(H,30,31). The number of aromatic carboxylic acids is 1. The molecule has 2 aromatic carbocycles. The van der Waals surface area contributed by atoms with E-state index in [-0.39, 0.29) is 5.91 Å². The molecule has 2 N–H and O–H groups in total. The summed E-state index contributed by atoms with van der Waals surface area (Å²) in [6.07, 6.45) is 2.22. The fraction of sp³-hybridized carbons (Fsp3) is 0.360. The van der Waals surface area contributed by atoms with Gasteiger partial charge < -0.3 is 15.0 Å². The van der Waals surface area contributed by atoms with Crippen LogP contribution in [0.15, 0.2) is 54.6 Å². The summed E-state index contributed by atoms with van der Waals surface area (Å²) in [5.41, 5.74) is 3.07. The van der Waals surface area contributed by atoms with Crippen molar-refractivity contribution in [1.82, 2.24) is 14.8 Å². The third-order valence-corrected chi connectivity index (χ3v) is 6.12. The first-order chi connectivity index (χ1) is 15.0. The second-order valence-electron chi connectivity index (χ2n) is 8.36. The van der Waals surface area contributed by atoms with Gasteiger partial charge in [-0.15, -0.1) is 0 Å². The lowest BCUT2D eigenvalue weighted by Gasteiger charge is -2.35. The Balaban J connectivity index is 1.38. The summed E-state index contributed by atoms with van der Waals surface area (Å²) in [5, 5.41) is 10.1. The molecule has 1 atom stereocenters. The second-order valence-corrected chi connectivity index (χ2v) is 8.36. The van der Waals surface area contributed by atoms with Gasteiger partial charge in [-0.3, -0.25) is 9.69 Å². The van der Waals surface area contributed by atoms with E-state index in [0.717, 1.165) is 55.5 Å². The number of carboxylic acid groups (broad SMARTS) is 1. The molecule has 6 heteroatoms.